The molecule has 3 nitrogen and oxygen atoms in total. The summed E-state index contributed by atoms with van der Waals surface area (Å²) in [5.74, 6) is 0. The van der Waals surface area contributed by atoms with Gasteiger partial charge in [0.15, 0.2) is 0 Å². The zero-order chi connectivity index (χ0) is 12.4. The van der Waals surface area contributed by atoms with Crippen LogP contribution in [0.25, 0.3) is 11.3 Å². The SMILES string of the molecule is CCc1c(Cl)cc(-c2ccc(=O)[nH]n2)cc1Cl.[CaH2]. The van der Waals surface area contributed by atoms with E-state index in [2.05, 4.69) is 10.2 Å². The molecule has 0 aliphatic heterocycles. The Labute approximate surface area is 145 Å². The Balaban J connectivity index is 0.00000162. The van der Waals surface area contributed by atoms with Crippen molar-refractivity contribution >= 4 is 60.9 Å². The zero-order valence-electron chi connectivity index (χ0n) is 9.13. The van der Waals surface area contributed by atoms with Gasteiger partial charge in [0.1, 0.15) is 0 Å². The van der Waals surface area contributed by atoms with Crippen molar-refractivity contribution in [3.8, 4) is 11.3 Å². The number of benzene rings is 1. The number of nitrogens with zero attached hydrogens (tertiary/aromatic N) is 1. The molecule has 0 aliphatic rings. The molecule has 0 unspecified atom stereocenters. The van der Waals surface area contributed by atoms with Crippen LogP contribution in [0.15, 0.2) is 29.1 Å². The molecule has 0 bridgehead atoms. The molecule has 0 radical (unpaired) electrons. The molecule has 2 aromatic rings. The maximum atomic E-state index is 10.9. The van der Waals surface area contributed by atoms with Crippen molar-refractivity contribution in [3.63, 3.8) is 0 Å². The van der Waals surface area contributed by atoms with Gasteiger partial charge in [-0.1, -0.05) is 30.1 Å². The fraction of sp³-hybridized carbons (Fsp3) is 0.167. The van der Waals surface area contributed by atoms with Crippen LogP contribution >= 0.6 is 23.2 Å². The maximum absolute atomic E-state index is 10.9. The van der Waals surface area contributed by atoms with Crippen molar-refractivity contribution in [1.82, 2.24) is 10.2 Å². The van der Waals surface area contributed by atoms with Gasteiger partial charge in [0.2, 0.25) is 0 Å². The molecule has 0 aliphatic carbocycles. The Hall–Kier alpha value is -0.0603. The van der Waals surface area contributed by atoms with Crippen molar-refractivity contribution in [3.05, 3.63) is 50.2 Å². The Morgan fingerprint density at radius 2 is 1.83 bits per heavy atom. The topological polar surface area (TPSA) is 45.8 Å². The summed E-state index contributed by atoms with van der Waals surface area (Å²) in [6.07, 6.45) is 0.775. The van der Waals surface area contributed by atoms with Gasteiger partial charge in [0, 0.05) is 21.7 Å². The third kappa shape index (κ3) is 3.49. The van der Waals surface area contributed by atoms with Crippen molar-refractivity contribution in [2.24, 2.45) is 0 Å². The van der Waals surface area contributed by atoms with E-state index in [0.717, 1.165) is 17.5 Å². The van der Waals surface area contributed by atoms with E-state index in [1.165, 1.54) is 6.07 Å². The average molecular weight is 311 g/mol. The van der Waals surface area contributed by atoms with E-state index >= 15 is 0 Å². The van der Waals surface area contributed by atoms with Crippen molar-refractivity contribution < 1.29 is 0 Å². The van der Waals surface area contributed by atoms with Gasteiger partial charge in [-0.3, -0.25) is 4.79 Å². The standard InChI is InChI=1S/C12H10Cl2N2O.Ca.2H/c1-2-8-9(13)5-7(6-10(8)14)11-3-4-12(17)16-15-11;;;/h3-6H,2H2,1H3,(H,16,17);;;. The molecule has 0 fully saturated rings. The molecule has 1 aromatic carbocycles. The molecule has 1 heterocycles. The summed E-state index contributed by atoms with van der Waals surface area (Å²) in [5, 5.41) is 7.53. The minimum absolute atomic E-state index is 0. The Morgan fingerprint density at radius 1 is 1.22 bits per heavy atom. The molecule has 0 atom stereocenters. The molecule has 2 rings (SSSR count). The van der Waals surface area contributed by atoms with Crippen molar-refractivity contribution in [2.75, 3.05) is 0 Å². The normalized spacial score (nSPS) is 9.94. The number of hydrogen-bond acceptors (Lipinski definition) is 2. The Morgan fingerprint density at radius 3 is 2.28 bits per heavy atom. The van der Waals surface area contributed by atoms with Gasteiger partial charge in [-0.15, -0.1) is 0 Å². The summed E-state index contributed by atoms with van der Waals surface area (Å²) in [5.41, 5.74) is 2.10. The van der Waals surface area contributed by atoms with Gasteiger partial charge < -0.3 is 0 Å². The van der Waals surface area contributed by atoms with Gasteiger partial charge in [-0.25, -0.2) is 5.10 Å². The third-order valence-electron chi connectivity index (χ3n) is 2.47. The number of nitrogens with one attached hydrogen (secondary N) is 1. The summed E-state index contributed by atoms with van der Waals surface area (Å²) in [7, 11) is 0. The first-order valence-electron chi connectivity index (χ1n) is 5.16. The molecule has 1 aromatic heterocycles. The summed E-state index contributed by atoms with van der Waals surface area (Å²) < 4.78 is 0. The van der Waals surface area contributed by atoms with Crippen LogP contribution in [0.3, 0.4) is 0 Å². The van der Waals surface area contributed by atoms with Crippen LogP contribution in [0.1, 0.15) is 12.5 Å². The van der Waals surface area contributed by atoms with Crippen molar-refractivity contribution in [2.45, 2.75) is 13.3 Å². The molecule has 0 saturated carbocycles. The quantitative estimate of drug-likeness (QED) is 0.866. The molecule has 0 saturated heterocycles. The second-order valence-electron chi connectivity index (χ2n) is 3.58. The second-order valence-corrected chi connectivity index (χ2v) is 4.39. The van der Waals surface area contributed by atoms with Crippen LogP contribution < -0.4 is 5.56 Å². The van der Waals surface area contributed by atoms with E-state index in [1.54, 1.807) is 18.2 Å². The Bertz CT molecular complexity index is 570. The summed E-state index contributed by atoms with van der Waals surface area (Å²) in [4.78, 5) is 10.9. The number of hydrogen-bond donors (Lipinski definition) is 1. The van der Waals surface area contributed by atoms with Crippen LogP contribution in [0.5, 0.6) is 0 Å². The molecule has 0 spiro atoms. The van der Waals surface area contributed by atoms with Gasteiger partial charge in [0.05, 0.1) is 5.69 Å². The van der Waals surface area contributed by atoms with Crippen LogP contribution in [-0.4, -0.2) is 47.9 Å². The van der Waals surface area contributed by atoms with Crippen LogP contribution in [0.2, 0.25) is 10.0 Å². The van der Waals surface area contributed by atoms with E-state index in [1.807, 2.05) is 6.92 Å². The number of aromatic amines is 1. The van der Waals surface area contributed by atoms with Gasteiger partial charge in [0.25, 0.3) is 5.56 Å². The number of halogens is 2. The minimum atomic E-state index is -0.240. The van der Waals surface area contributed by atoms with Gasteiger partial charge in [-0.05, 0) is 30.2 Å². The van der Waals surface area contributed by atoms with Crippen LogP contribution in [0, 0.1) is 0 Å². The monoisotopic (exact) mass is 310 g/mol. The predicted molar refractivity (Wildman–Crippen MR) is 78.2 cm³/mol. The molecule has 0 amide bonds. The van der Waals surface area contributed by atoms with E-state index in [-0.39, 0.29) is 43.3 Å². The van der Waals surface area contributed by atoms with E-state index in [9.17, 15) is 4.79 Å². The summed E-state index contributed by atoms with van der Waals surface area (Å²) >= 11 is 12.3. The first kappa shape index (κ1) is 16.0. The molecular weight excluding hydrogens is 299 g/mol. The third-order valence-corrected chi connectivity index (χ3v) is 3.14. The Kier molecular flexibility index (Phi) is 6.15. The van der Waals surface area contributed by atoms with Crippen LogP contribution in [-0.2, 0) is 6.42 Å². The van der Waals surface area contributed by atoms with E-state index < -0.39 is 0 Å². The van der Waals surface area contributed by atoms with Crippen molar-refractivity contribution in [1.29, 1.82) is 0 Å². The fourth-order valence-corrected chi connectivity index (χ4v) is 2.35. The number of H-pyrrole nitrogens is 1. The predicted octanol–water partition coefficient (Wildman–Crippen LogP) is 2.39. The van der Waals surface area contributed by atoms with E-state index in [0.29, 0.717) is 15.7 Å². The molecule has 1 N–H and O–H groups in total. The summed E-state index contributed by atoms with van der Waals surface area (Å²) in [6.45, 7) is 1.99. The molecule has 18 heavy (non-hydrogen) atoms. The second kappa shape index (κ2) is 6.92. The number of rotatable bonds is 2. The molecule has 92 valence electrons. The van der Waals surface area contributed by atoms with Crippen LogP contribution in [0.4, 0.5) is 0 Å². The molecular formula is C12H12CaCl2N2O. The molecule has 6 heteroatoms. The first-order valence-corrected chi connectivity index (χ1v) is 5.91. The average Bonchev–Trinajstić information content (AvgIpc) is 2.29. The fourth-order valence-electron chi connectivity index (χ4n) is 1.59. The van der Waals surface area contributed by atoms with Gasteiger partial charge in [-0.2, -0.15) is 5.10 Å². The summed E-state index contributed by atoms with van der Waals surface area (Å²) in [6, 6.07) is 6.64. The van der Waals surface area contributed by atoms with E-state index in [4.69, 9.17) is 23.2 Å². The first-order chi connectivity index (χ1) is 8.11. The number of aromatic nitrogens is 2. The zero-order valence-corrected chi connectivity index (χ0v) is 10.6. The van der Waals surface area contributed by atoms with Gasteiger partial charge >= 0.3 is 37.7 Å².